The third kappa shape index (κ3) is 3.97. The van der Waals surface area contributed by atoms with Gasteiger partial charge in [0.05, 0.1) is 6.10 Å². The lowest BCUT2D eigenvalue weighted by molar-refractivity contribution is -0.115. The molecule has 4 heteroatoms. The van der Waals surface area contributed by atoms with Gasteiger partial charge in [-0.2, -0.15) is 0 Å². The van der Waals surface area contributed by atoms with Crippen molar-refractivity contribution in [3.8, 4) is 0 Å². The van der Waals surface area contributed by atoms with Crippen molar-refractivity contribution < 1.29 is 9.22 Å². The van der Waals surface area contributed by atoms with Crippen LogP contribution in [0.5, 0.6) is 0 Å². The Morgan fingerprint density at radius 2 is 2.11 bits per heavy atom. The summed E-state index contributed by atoms with van der Waals surface area (Å²) in [6.45, 7) is 14.9. The first-order valence-corrected chi connectivity index (χ1v) is 10.4. The van der Waals surface area contributed by atoms with Gasteiger partial charge in [0.25, 0.3) is 0 Å². The summed E-state index contributed by atoms with van der Waals surface area (Å²) in [6, 6.07) is 0. The van der Waals surface area contributed by atoms with E-state index in [0.717, 1.165) is 17.1 Å². The van der Waals surface area contributed by atoms with Crippen molar-refractivity contribution in [3.63, 3.8) is 0 Å². The van der Waals surface area contributed by atoms with E-state index >= 15 is 0 Å². The number of carbonyl (C=O) groups excluding carboxylic acids is 1. The number of ketones is 1. The quantitative estimate of drug-likeness (QED) is 0.708. The highest BCUT2D eigenvalue weighted by Gasteiger charge is 2.40. The third-order valence-corrected chi connectivity index (χ3v) is 9.32. The second kappa shape index (κ2) is 5.93. The Kier molecular flexibility index (Phi) is 5.27. The summed E-state index contributed by atoms with van der Waals surface area (Å²) in [6.07, 6.45) is 3.38. The van der Waals surface area contributed by atoms with Gasteiger partial charge in [0, 0.05) is 11.3 Å². The topological polar surface area (TPSA) is 26.3 Å². The minimum absolute atomic E-state index is 0.00860. The SMILES string of the molecule is [CH2]CCSC1=C[C@H](O[Si](C)(C)C(C)(C)C)CC1=O. The van der Waals surface area contributed by atoms with E-state index in [2.05, 4.69) is 40.8 Å². The fourth-order valence-electron chi connectivity index (χ4n) is 1.55. The number of hydrogen-bond acceptors (Lipinski definition) is 3. The van der Waals surface area contributed by atoms with Crippen LogP contribution in [0.3, 0.4) is 0 Å². The zero-order chi connectivity index (χ0) is 14.0. The third-order valence-electron chi connectivity index (χ3n) is 3.65. The molecule has 0 saturated heterocycles. The summed E-state index contributed by atoms with van der Waals surface area (Å²) in [4.78, 5) is 12.7. The summed E-state index contributed by atoms with van der Waals surface area (Å²) in [7, 11) is -1.78. The highest BCUT2D eigenvalue weighted by atomic mass is 32.2. The molecule has 0 aliphatic heterocycles. The molecular formula is C14H25O2SSi. The van der Waals surface area contributed by atoms with Gasteiger partial charge in [0.2, 0.25) is 0 Å². The van der Waals surface area contributed by atoms with Gasteiger partial charge in [0.1, 0.15) is 0 Å². The van der Waals surface area contributed by atoms with Crippen LogP contribution in [-0.2, 0) is 9.22 Å². The van der Waals surface area contributed by atoms with Crippen molar-refractivity contribution in [2.75, 3.05) is 5.75 Å². The normalized spacial score (nSPS) is 21.3. The van der Waals surface area contributed by atoms with E-state index in [9.17, 15) is 4.79 Å². The van der Waals surface area contributed by atoms with Gasteiger partial charge in [-0.05, 0) is 36.4 Å². The molecule has 0 aromatic rings. The molecular weight excluding hydrogens is 260 g/mol. The van der Waals surface area contributed by atoms with E-state index in [-0.39, 0.29) is 16.9 Å². The Bertz CT molecular complexity index is 342. The summed E-state index contributed by atoms with van der Waals surface area (Å²) in [5, 5.41) is 0.188. The van der Waals surface area contributed by atoms with Crippen LogP contribution in [0.1, 0.15) is 33.6 Å². The number of hydrogen-bond donors (Lipinski definition) is 0. The van der Waals surface area contributed by atoms with Gasteiger partial charge in [0.15, 0.2) is 14.1 Å². The summed E-state index contributed by atoms with van der Waals surface area (Å²) in [5.74, 6) is 1.14. The number of Topliss-reactive ketones (excluding diaryl/α,β-unsaturated/α-hetero) is 1. The molecule has 0 spiro atoms. The number of allylic oxidation sites excluding steroid dienone is 1. The predicted octanol–water partition coefficient (Wildman–Crippen LogP) is 4.19. The van der Waals surface area contributed by atoms with Crippen molar-refractivity contribution >= 4 is 25.9 Å². The smallest absolute Gasteiger partial charge is 0.192 e. The highest BCUT2D eigenvalue weighted by Crippen LogP contribution is 2.39. The molecule has 0 saturated carbocycles. The first kappa shape index (κ1) is 16.0. The zero-order valence-corrected chi connectivity index (χ0v) is 14.0. The number of thioether (sulfide) groups is 1. The van der Waals surface area contributed by atoms with Gasteiger partial charge in [-0.25, -0.2) is 0 Å². The fraction of sp³-hybridized carbons (Fsp3) is 0.714. The molecule has 1 rings (SSSR count). The minimum atomic E-state index is -1.78. The first-order valence-electron chi connectivity index (χ1n) is 6.52. The first-order chi connectivity index (χ1) is 8.17. The van der Waals surface area contributed by atoms with Crippen LogP contribution < -0.4 is 0 Å². The predicted molar refractivity (Wildman–Crippen MR) is 82.2 cm³/mol. The average Bonchev–Trinajstić information content (AvgIpc) is 2.53. The largest absolute Gasteiger partial charge is 0.410 e. The van der Waals surface area contributed by atoms with Crippen LogP contribution >= 0.6 is 11.8 Å². The Labute approximate surface area is 117 Å². The molecule has 0 aromatic heterocycles. The zero-order valence-electron chi connectivity index (χ0n) is 12.2. The van der Waals surface area contributed by atoms with Gasteiger partial charge in [-0.3, -0.25) is 4.79 Å². The maximum atomic E-state index is 11.9. The second-order valence-corrected chi connectivity index (χ2v) is 12.2. The summed E-state index contributed by atoms with van der Waals surface area (Å²) >= 11 is 1.61. The van der Waals surface area contributed by atoms with Gasteiger partial charge in [-0.1, -0.05) is 27.7 Å². The molecule has 1 atom stereocenters. The highest BCUT2D eigenvalue weighted by molar-refractivity contribution is 8.04. The van der Waals surface area contributed by atoms with E-state index in [1.807, 2.05) is 6.08 Å². The molecule has 0 heterocycles. The molecule has 18 heavy (non-hydrogen) atoms. The lowest BCUT2D eigenvalue weighted by atomic mass is 10.2. The molecule has 2 nitrogen and oxygen atoms in total. The van der Waals surface area contributed by atoms with E-state index in [0.29, 0.717) is 6.42 Å². The van der Waals surface area contributed by atoms with Crippen molar-refractivity contribution in [1.82, 2.24) is 0 Å². The molecule has 0 bridgehead atoms. The van der Waals surface area contributed by atoms with E-state index in [1.165, 1.54) is 0 Å². The van der Waals surface area contributed by atoms with Crippen LogP contribution in [0, 0.1) is 6.92 Å². The molecule has 0 N–H and O–H groups in total. The van der Waals surface area contributed by atoms with E-state index in [4.69, 9.17) is 4.43 Å². The standard InChI is InChI=1S/C14H25O2SSi/c1-7-8-17-13-10-11(9-12(13)15)16-18(5,6)14(2,3)4/h10-11H,1,7-9H2,2-6H3/t11-/m1/s1. The van der Waals surface area contributed by atoms with Crippen molar-refractivity contribution in [3.05, 3.63) is 17.9 Å². The molecule has 1 radical (unpaired) electrons. The van der Waals surface area contributed by atoms with Gasteiger partial charge < -0.3 is 4.43 Å². The van der Waals surface area contributed by atoms with Crippen LogP contribution in [-0.4, -0.2) is 26.0 Å². The molecule has 0 aromatic carbocycles. The van der Waals surface area contributed by atoms with Crippen LogP contribution in [0.2, 0.25) is 18.1 Å². The number of rotatable bonds is 5. The Morgan fingerprint density at radius 3 is 2.61 bits per heavy atom. The Morgan fingerprint density at radius 1 is 1.50 bits per heavy atom. The second-order valence-electron chi connectivity index (χ2n) is 6.28. The van der Waals surface area contributed by atoms with Crippen molar-refractivity contribution in [1.29, 1.82) is 0 Å². The van der Waals surface area contributed by atoms with Crippen LogP contribution in [0.25, 0.3) is 0 Å². The van der Waals surface area contributed by atoms with Crippen molar-refractivity contribution in [2.45, 2.75) is 57.8 Å². The Balaban J connectivity index is 2.66. The van der Waals surface area contributed by atoms with Crippen LogP contribution in [0.4, 0.5) is 0 Å². The number of carbonyl (C=O) groups is 1. The lowest BCUT2D eigenvalue weighted by Gasteiger charge is -2.37. The Hall–Kier alpha value is -0.0631. The molecule has 0 fully saturated rings. The van der Waals surface area contributed by atoms with E-state index in [1.54, 1.807) is 11.8 Å². The average molecular weight is 286 g/mol. The maximum absolute atomic E-state index is 11.9. The summed E-state index contributed by atoms with van der Waals surface area (Å²) in [5.41, 5.74) is 0. The lowest BCUT2D eigenvalue weighted by Crippen LogP contribution is -2.43. The van der Waals surface area contributed by atoms with Crippen LogP contribution in [0.15, 0.2) is 11.0 Å². The minimum Gasteiger partial charge on any atom is -0.410 e. The van der Waals surface area contributed by atoms with E-state index < -0.39 is 8.32 Å². The fourth-order valence-corrected chi connectivity index (χ4v) is 3.66. The summed E-state index contributed by atoms with van der Waals surface area (Å²) < 4.78 is 6.26. The monoisotopic (exact) mass is 285 g/mol. The van der Waals surface area contributed by atoms with Gasteiger partial charge in [-0.15, -0.1) is 11.8 Å². The van der Waals surface area contributed by atoms with Crippen molar-refractivity contribution in [2.24, 2.45) is 0 Å². The molecule has 103 valence electrons. The molecule has 0 amide bonds. The molecule has 0 unspecified atom stereocenters. The molecule has 1 aliphatic carbocycles. The maximum Gasteiger partial charge on any atom is 0.192 e. The molecule has 1 aliphatic rings. The van der Waals surface area contributed by atoms with Gasteiger partial charge >= 0.3 is 0 Å².